The molecule has 2 unspecified atom stereocenters. The number of nitrogen functional groups attached to an aromatic ring is 1. The van der Waals surface area contributed by atoms with E-state index in [-0.39, 0.29) is 18.1 Å². The number of ether oxygens (including phenoxy) is 1. The summed E-state index contributed by atoms with van der Waals surface area (Å²) in [6.45, 7) is 2.76. The lowest BCUT2D eigenvalue weighted by Crippen LogP contribution is -2.41. The van der Waals surface area contributed by atoms with Gasteiger partial charge in [-0.1, -0.05) is 18.2 Å². The van der Waals surface area contributed by atoms with Crippen molar-refractivity contribution in [3.05, 3.63) is 29.8 Å². The number of benzene rings is 1. The smallest absolute Gasteiger partial charge is 0.224 e. The fourth-order valence-electron chi connectivity index (χ4n) is 2.28. The Kier molecular flexibility index (Phi) is 4.20. The quantitative estimate of drug-likeness (QED) is 0.797. The number of rotatable bonds is 3. The lowest BCUT2D eigenvalue weighted by atomic mass is 10.0. The van der Waals surface area contributed by atoms with Crippen molar-refractivity contribution in [2.24, 2.45) is 0 Å². The molecule has 1 aliphatic rings. The first-order valence-electron chi connectivity index (χ1n) is 6.39. The van der Waals surface area contributed by atoms with Gasteiger partial charge in [-0.25, -0.2) is 0 Å². The van der Waals surface area contributed by atoms with Gasteiger partial charge in [0.25, 0.3) is 0 Å². The van der Waals surface area contributed by atoms with Gasteiger partial charge in [-0.3, -0.25) is 4.79 Å². The van der Waals surface area contributed by atoms with Crippen LogP contribution >= 0.6 is 0 Å². The zero-order valence-electron chi connectivity index (χ0n) is 10.7. The Hall–Kier alpha value is -1.55. The molecule has 1 aromatic rings. The number of amides is 1. The van der Waals surface area contributed by atoms with Crippen LogP contribution in [0.15, 0.2) is 24.3 Å². The van der Waals surface area contributed by atoms with Gasteiger partial charge in [-0.15, -0.1) is 0 Å². The van der Waals surface area contributed by atoms with Gasteiger partial charge in [-0.05, 0) is 31.4 Å². The van der Waals surface area contributed by atoms with E-state index in [4.69, 9.17) is 10.5 Å². The molecular weight excluding hydrogens is 228 g/mol. The highest BCUT2D eigenvalue weighted by Crippen LogP contribution is 2.14. The normalized spacial score (nSPS) is 23.6. The molecular formula is C14H20N2O2. The van der Waals surface area contributed by atoms with Crippen molar-refractivity contribution in [2.75, 3.05) is 12.3 Å². The third kappa shape index (κ3) is 3.47. The molecule has 1 aromatic carbocycles. The summed E-state index contributed by atoms with van der Waals surface area (Å²) in [5.41, 5.74) is 7.38. The van der Waals surface area contributed by atoms with Crippen molar-refractivity contribution < 1.29 is 9.53 Å². The minimum atomic E-state index is 0.0343. The Balaban J connectivity index is 1.87. The molecule has 0 bridgehead atoms. The SMILES string of the molecule is CC1CC(NC(=O)Cc2ccccc2N)CCO1. The maximum atomic E-state index is 11.9. The summed E-state index contributed by atoms with van der Waals surface area (Å²) in [7, 11) is 0. The van der Waals surface area contributed by atoms with Gasteiger partial charge < -0.3 is 15.8 Å². The van der Waals surface area contributed by atoms with Gasteiger partial charge in [0.05, 0.1) is 12.5 Å². The summed E-state index contributed by atoms with van der Waals surface area (Å²) < 4.78 is 5.46. The number of hydrogen-bond acceptors (Lipinski definition) is 3. The molecule has 4 nitrogen and oxygen atoms in total. The van der Waals surface area contributed by atoms with Crippen LogP contribution in [0.2, 0.25) is 0 Å². The molecule has 1 heterocycles. The molecule has 3 N–H and O–H groups in total. The van der Waals surface area contributed by atoms with Crippen molar-refractivity contribution in [3.8, 4) is 0 Å². The molecule has 0 spiro atoms. The number of hydrogen-bond donors (Lipinski definition) is 2. The van der Waals surface area contributed by atoms with Crippen LogP contribution in [0.25, 0.3) is 0 Å². The summed E-state index contributed by atoms with van der Waals surface area (Å²) in [5, 5.41) is 3.05. The highest BCUT2D eigenvalue weighted by Gasteiger charge is 2.20. The first kappa shape index (κ1) is 12.9. The third-order valence-corrected chi connectivity index (χ3v) is 3.26. The number of nitrogens with one attached hydrogen (secondary N) is 1. The zero-order chi connectivity index (χ0) is 13.0. The molecule has 1 amide bonds. The molecule has 0 radical (unpaired) electrons. The summed E-state index contributed by atoms with van der Waals surface area (Å²) in [6, 6.07) is 7.71. The highest BCUT2D eigenvalue weighted by atomic mass is 16.5. The number of nitrogens with two attached hydrogens (primary N) is 1. The fourth-order valence-corrected chi connectivity index (χ4v) is 2.28. The van der Waals surface area contributed by atoms with E-state index in [9.17, 15) is 4.79 Å². The van der Waals surface area contributed by atoms with Crippen molar-refractivity contribution in [1.82, 2.24) is 5.32 Å². The van der Waals surface area contributed by atoms with Gasteiger partial charge >= 0.3 is 0 Å². The molecule has 1 fully saturated rings. The number of carbonyl (C=O) groups is 1. The minimum absolute atomic E-state index is 0.0343. The monoisotopic (exact) mass is 248 g/mol. The van der Waals surface area contributed by atoms with Gasteiger partial charge in [0, 0.05) is 18.3 Å². The van der Waals surface area contributed by atoms with Crippen molar-refractivity contribution in [2.45, 2.75) is 38.3 Å². The lowest BCUT2D eigenvalue weighted by Gasteiger charge is -2.28. The second-order valence-corrected chi connectivity index (χ2v) is 4.85. The predicted molar refractivity (Wildman–Crippen MR) is 71.1 cm³/mol. The van der Waals surface area contributed by atoms with Crippen molar-refractivity contribution in [1.29, 1.82) is 0 Å². The molecule has 0 saturated carbocycles. The lowest BCUT2D eigenvalue weighted by molar-refractivity contribution is -0.122. The molecule has 98 valence electrons. The van der Waals surface area contributed by atoms with Crippen LogP contribution in [0.3, 0.4) is 0 Å². The number of para-hydroxylation sites is 1. The molecule has 1 aliphatic heterocycles. The molecule has 0 aliphatic carbocycles. The van der Waals surface area contributed by atoms with E-state index in [0.717, 1.165) is 25.0 Å². The number of anilines is 1. The Bertz CT molecular complexity index is 420. The van der Waals surface area contributed by atoms with E-state index in [1.54, 1.807) is 0 Å². The predicted octanol–water partition coefficient (Wildman–Crippen LogP) is 1.49. The second kappa shape index (κ2) is 5.87. The van der Waals surface area contributed by atoms with Crippen LogP contribution in [0.4, 0.5) is 5.69 Å². The van der Waals surface area contributed by atoms with Crippen LogP contribution in [-0.4, -0.2) is 24.7 Å². The van der Waals surface area contributed by atoms with E-state index in [2.05, 4.69) is 5.32 Å². The summed E-state index contributed by atoms with van der Waals surface area (Å²) >= 11 is 0. The Morgan fingerprint density at radius 1 is 1.50 bits per heavy atom. The molecule has 18 heavy (non-hydrogen) atoms. The van der Waals surface area contributed by atoms with E-state index in [1.165, 1.54) is 0 Å². The van der Waals surface area contributed by atoms with E-state index >= 15 is 0 Å². The van der Waals surface area contributed by atoms with E-state index < -0.39 is 0 Å². The third-order valence-electron chi connectivity index (χ3n) is 3.26. The minimum Gasteiger partial charge on any atom is -0.398 e. The fraction of sp³-hybridized carbons (Fsp3) is 0.500. The average Bonchev–Trinajstić information content (AvgIpc) is 2.32. The van der Waals surface area contributed by atoms with Crippen molar-refractivity contribution in [3.63, 3.8) is 0 Å². The first-order valence-corrected chi connectivity index (χ1v) is 6.39. The molecule has 2 rings (SSSR count). The van der Waals surface area contributed by atoms with Crippen LogP contribution < -0.4 is 11.1 Å². The number of carbonyl (C=O) groups excluding carboxylic acids is 1. The summed E-state index contributed by atoms with van der Waals surface area (Å²) in [6.07, 6.45) is 2.35. The Morgan fingerprint density at radius 3 is 3.00 bits per heavy atom. The van der Waals surface area contributed by atoms with E-state index in [1.807, 2.05) is 31.2 Å². The molecule has 2 atom stereocenters. The molecule has 0 aromatic heterocycles. The maximum absolute atomic E-state index is 11.9. The topological polar surface area (TPSA) is 64.4 Å². The maximum Gasteiger partial charge on any atom is 0.224 e. The summed E-state index contributed by atoms with van der Waals surface area (Å²) in [4.78, 5) is 11.9. The average molecular weight is 248 g/mol. The molecule has 1 saturated heterocycles. The Labute approximate surface area is 108 Å². The highest BCUT2D eigenvalue weighted by molar-refractivity contribution is 5.80. The zero-order valence-corrected chi connectivity index (χ0v) is 10.7. The van der Waals surface area contributed by atoms with Crippen molar-refractivity contribution >= 4 is 11.6 Å². The largest absolute Gasteiger partial charge is 0.398 e. The Morgan fingerprint density at radius 2 is 2.28 bits per heavy atom. The van der Waals surface area contributed by atoms with Gasteiger partial charge in [-0.2, -0.15) is 0 Å². The van der Waals surface area contributed by atoms with Gasteiger partial charge in [0.1, 0.15) is 0 Å². The van der Waals surface area contributed by atoms with Gasteiger partial charge in [0.2, 0.25) is 5.91 Å². The van der Waals surface area contributed by atoms with Gasteiger partial charge in [0.15, 0.2) is 0 Å². The first-order chi connectivity index (χ1) is 8.65. The van der Waals surface area contributed by atoms with E-state index in [0.29, 0.717) is 12.1 Å². The van der Waals surface area contributed by atoms with Crippen LogP contribution in [0.1, 0.15) is 25.3 Å². The standard InChI is InChI=1S/C14H20N2O2/c1-10-8-12(6-7-18-10)16-14(17)9-11-4-2-3-5-13(11)15/h2-5,10,12H,6-9,15H2,1H3,(H,16,17). The summed E-state index contributed by atoms with van der Waals surface area (Å²) in [5.74, 6) is 0.0343. The van der Waals surface area contributed by atoms with Crippen LogP contribution in [0, 0.1) is 0 Å². The molecule has 4 heteroatoms. The second-order valence-electron chi connectivity index (χ2n) is 4.85. The van der Waals surface area contributed by atoms with Crippen LogP contribution in [-0.2, 0) is 16.0 Å². The van der Waals surface area contributed by atoms with Crippen LogP contribution in [0.5, 0.6) is 0 Å².